The highest BCUT2D eigenvalue weighted by Crippen LogP contribution is 2.19. The summed E-state index contributed by atoms with van der Waals surface area (Å²) >= 11 is 1.22. The van der Waals surface area contributed by atoms with Gasteiger partial charge < -0.3 is 9.80 Å². The van der Waals surface area contributed by atoms with E-state index in [-0.39, 0.29) is 5.91 Å². The second-order valence-electron chi connectivity index (χ2n) is 5.82. The molecular formula is C15H20N4OS. The molecule has 3 rings (SSSR count). The van der Waals surface area contributed by atoms with Crippen molar-refractivity contribution in [1.82, 2.24) is 18.5 Å². The first kappa shape index (κ1) is 14.4. The van der Waals surface area contributed by atoms with Crippen LogP contribution in [0.4, 0.5) is 0 Å². The Bertz CT molecular complexity index is 641. The number of carbonyl (C=O) groups excluding carboxylic acids is 1. The van der Waals surface area contributed by atoms with Crippen molar-refractivity contribution >= 4 is 28.7 Å². The van der Waals surface area contributed by atoms with Crippen molar-refractivity contribution in [2.24, 2.45) is 0 Å². The molecule has 6 heteroatoms. The van der Waals surface area contributed by atoms with Crippen LogP contribution < -0.4 is 0 Å². The van der Waals surface area contributed by atoms with E-state index in [9.17, 15) is 4.79 Å². The molecule has 1 aliphatic rings. The SMILES string of the molecule is CN(Cc1ccc2nsnc2c1)C(=O)C[C@@H]1CCCN1C. The van der Waals surface area contributed by atoms with Crippen molar-refractivity contribution in [2.45, 2.75) is 31.8 Å². The number of hydrogen-bond donors (Lipinski definition) is 0. The maximum Gasteiger partial charge on any atom is 0.224 e. The van der Waals surface area contributed by atoms with E-state index in [0.717, 1.165) is 29.6 Å². The zero-order chi connectivity index (χ0) is 14.8. The number of hydrogen-bond acceptors (Lipinski definition) is 5. The Kier molecular flexibility index (Phi) is 4.17. The Balaban J connectivity index is 1.61. The zero-order valence-corrected chi connectivity index (χ0v) is 13.3. The third-order valence-electron chi connectivity index (χ3n) is 4.25. The molecule has 21 heavy (non-hydrogen) atoms. The van der Waals surface area contributed by atoms with Gasteiger partial charge in [-0.2, -0.15) is 8.75 Å². The Morgan fingerprint density at radius 1 is 1.43 bits per heavy atom. The number of rotatable bonds is 4. The van der Waals surface area contributed by atoms with Gasteiger partial charge in [0, 0.05) is 26.1 Å². The summed E-state index contributed by atoms with van der Waals surface area (Å²) in [5, 5.41) is 0. The monoisotopic (exact) mass is 304 g/mol. The second kappa shape index (κ2) is 6.07. The average Bonchev–Trinajstić information content (AvgIpc) is 3.07. The fraction of sp³-hybridized carbons (Fsp3) is 0.533. The van der Waals surface area contributed by atoms with E-state index in [4.69, 9.17) is 0 Å². The van der Waals surface area contributed by atoms with Gasteiger partial charge in [-0.1, -0.05) is 6.07 Å². The normalized spacial score (nSPS) is 19.2. The maximum atomic E-state index is 12.3. The van der Waals surface area contributed by atoms with Gasteiger partial charge in [-0.15, -0.1) is 0 Å². The minimum absolute atomic E-state index is 0.213. The molecule has 0 aliphatic carbocycles. The summed E-state index contributed by atoms with van der Waals surface area (Å²) in [6.45, 7) is 1.73. The molecule has 1 aromatic carbocycles. The van der Waals surface area contributed by atoms with Gasteiger partial charge in [-0.05, 0) is 44.1 Å². The highest BCUT2D eigenvalue weighted by molar-refractivity contribution is 7.00. The van der Waals surface area contributed by atoms with Crippen molar-refractivity contribution in [3.05, 3.63) is 23.8 Å². The van der Waals surface area contributed by atoms with Gasteiger partial charge in [0.15, 0.2) is 0 Å². The van der Waals surface area contributed by atoms with E-state index in [1.54, 1.807) is 0 Å². The summed E-state index contributed by atoms with van der Waals surface area (Å²) in [6.07, 6.45) is 2.95. The standard InChI is InChI=1S/C15H20N4OS/c1-18-7-3-4-12(18)9-15(20)19(2)10-11-5-6-13-14(8-11)17-21-16-13/h5-6,8,12H,3-4,7,9-10H2,1-2H3/t12-/m0/s1. The second-order valence-corrected chi connectivity index (χ2v) is 6.35. The fourth-order valence-corrected chi connectivity index (χ4v) is 3.40. The topological polar surface area (TPSA) is 49.3 Å². The number of amides is 1. The Labute approximate surface area is 128 Å². The van der Waals surface area contributed by atoms with Crippen LogP contribution in [0, 0.1) is 0 Å². The summed E-state index contributed by atoms with van der Waals surface area (Å²) in [5.41, 5.74) is 2.94. The van der Waals surface area contributed by atoms with Crippen molar-refractivity contribution in [2.75, 3.05) is 20.6 Å². The summed E-state index contributed by atoms with van der Waals surface area (Å²) < 4.78 is 8.44. The predicted molar refractivity (Wildman–Crippen MR) is 84.2 cm³/mol. The largest absolute Gasteiger partial charge is 0.341 e. The van der Waals surface area contributed by atoms with Crippen molar-refractivity contribution in [1.29, 1.82) is 0 Å². The van der Waals surface area contributed by atoms with Crippen molar-refractivity contribution < 1.29 is 4.79 Å². The first-order valence-corrected chi connectivity index (χ1v) is 8.02. The van der Waals surface area contributed by atoms with Gasteiger partial charge >= 0.3 is 0 Å². The molecule has 0 radical (unpaired) electrons. The van der Waals surface area contributed by atoms with Crippen LogP contribution in [0.1, 0.15) is 24.8 Å². The number of carbonyl (C=O) groups is 1. The molecule has 1 fully saturated rings. The first-order valence-electron chi connectivity index (χ1n) is 7.29. The van der Waals surface area contributed by atoms with Gasteiger partial charge in [0.25, 0.3) is 0 Å². The Morgan fingerprint density at radius 3 is 3.00 bits per heavy atom. The molecule has 0 unspecified atom stereocenters. The minimum Gasteiger partial charge on any atom is -0.341 e. The molecule has 0 N–H and O–H groups in total. The average molecular weight is 304 g/mol. The van der Waals surface area contributed by atoms with E-state index < -0.39 is 0 Å². The van der Waals surface area contributed by atoms with Gasteiger partial charge in [0.05, 0.1) is 11.7 Å². The fourth-order valence-electron chi connectivity index (χ4n) is 2.88. The Morgan fingerprint density at radius 2 is 2.24 bits per heavy atom. The first-order chi connectivity index (χ1) is 10.1. The van der Waals surface area contributed by atoms with E-state index >= 15 is 0 Å². The van der Waals surface area contributed by atoms with Gasteiger partial charge in [-0.3, -0.25) is 4.79 Å². The number of benzene rings is 1. The molecule has 1 saturated heterocycles. The third kappa shape index (κ3) is 3.22. The highest BCUT2D eigenvalue weighted by atomic mass is 32.1. The summed E-state index contributed by atoms with van der Waals surface area (Å²) in [6, 6.07) is 6.42. The molecule has 0 spiro atoms. The van der Waals surface area contributed by atoms with Crippen LogP contribution in [-0.2, 0) is 11.3 Å². The zero-order valence-electron chi connectivity index (χ0n) is 12.5. The van der Waals surface area contributed by atoms with Crippen molar-refractivity contribution in [3.8, 4) is 0 Å². The smallest absolute Gasteiger partial charge is 0.224 e. The van der Waals surface area contributed by atoms with E-state index in [0.29, 0.717) is 19.0 Å². The number of aromatic nitrogens is 2. The van der Waals surface area contributed by atoms with Crippen LogP contribution in [0.3, 0.4) is 0 Å². The van der Waals surface area contributed by atoms with Crippen LogP contribution in [0.15, 0.2) is 18.2 Å². The molecule has 2 heterocycles. The van der Waals surface area contributed by atoms with Crippen molar-refractivity contribution in [3.63, 3.8) is 0 Å². The minimum atomic E-state index is 0.213. The van der Waals surface area contributed by atoms with Gasteiger partial charge in [0.1, 0.15) is 11.0 Å². The lowest BCUT2D eigenvalue weighted by Gasteiger charge is -2.23. The lowest BCUT2D eigenvalue weighted by atomic mass is 10.1. The molecule has 1 aromatic heterocycles. The molecule has 112 valence electrons. The number of nitrogens with zero attached hydrogens (tertiary/aromatic N) is 4. The number of fused-ring (bicyclic) bond motifs is 1. The van der Waals surface area contributed by atoms with Crippen LogP contribution in [0.25, 0.3) is 11.0 Å². The predicted octanol–water partition coefficient (Wildman–Crippen LogP) is 2.13. The quantitative estimate of drug-likeness (QED) is 0.868. The molecule has 1 atom stereocenters. The number of likely N-dealkylation sites (tertiary alicyclic amines) is 1. The van der Waals surface area contributed by atoms with Crippen LogP contribution in [0.5, 0.6) is 0 Å². The highest BCUT2D eigenvalue weighted by Gasteiger charge is 2.24. The third-order valence-corrected chi connectivity index (χ3v) is 4.80. The Hall–Kier alpha value is -1.53. The van der Waals surface area contributed by atoms with E-state index in [2.05, 4.69) is 20.7 Å². The molecule has 1 aliphatic heterocycles. The van der Waals surface area contributed by atoms with Crippen LogP contribution in [0.2, 0.25) is 0 Å². The molecule has 0 bridgehead atoms. The molecule has 5 nitrogen and oxygen atoms in total. The molecular weight excluding hydrogens is 284 g/mol. The lowest BCUT2D eigenvalue weighted by Crippen LogP contribution is -2.34. The lowest BCUT2D eigenvalue weighted by molar-refractivity contribution is -0.131. The summed E-state index contributed by atoms with van der Waals surface area (Å²) in [4.78, 5) is 16.4. The van der Waals surface area contributed by atoms with Gasteiger partial charge in [0.2, 0.25) is 5.91 Å². The summed E-state index contributed by atoms with van der Waals surface area (Å²) in [5.74, 6) is 0.213. The molecule has 1 amide bonds. The molecule has 0 saturated carbocycles. The van der Waals surface area contributed by atoms with E-state index in [1.165, 1.54) is 18.1 Å². The maximum absolute atomic E-state index is 12.3. The van der Waals surface area contributed by atoms with E-state index in [1.807, 2.05) is 30.1 Å². The van der Waals surface area contributed by atoms with Gasteiger partial charge in [-0.25, -0.2) is 0 Å². The summed E-state index contributed by atoms with van der Waals surface area (Å²) in [7, 11) is 3.98. The molecule has 2 aromatic rings. The van der Waals surface area contributed by atoms with Crippen LogP contribution in [-0.4, -0.2) is 51.1 Å². The van der Waals surface area contributed by atoms with Crippen LogP contribution >= 0.6 is 11.7 Å².